The summed E-state index contributed by atoms with van der Waals surface area (Å²) in [5.74, 6) is -1.82. The van der Waals surface area contributed by atoms with Gasteiger partial charge in [0, 0.05) is 11.9 Å². The molecule has 0 amide bonds. The molecule has 0 spiro atoms. The van der Waals surface area contributed by atoms with E-state index in [-0.39, 0.29) is 36.7 Å². The SMILES string of the molecule is CCCCCCCCCCCC(=O)[O-].CCCCCCCCCCCC(=O)[O-].CCC[CH2][Sn+3].[Sn+4]. The third-order valence-electron chi connectivity index (χ3n) is 5.50. The standard InChI is InChI=1S/2C12H24O2.C4H9.2Sn/c2*1-2-3-4-5-6-7-8-9-10-11-12(13)14;1-3-4-2;;/h2*2-11H2,1H3,(H,13,14);1,3-4H2,2H3;;/q;;;+3;+4/p-2. The van der Waals surface area contributed by atoms with Gasteiger partial charge in [-0.05, 0) is 25.7 Å². The maximum absolute atomic E-state index is 10.1. The average molecular weight is 693 g/mol. The van der Waals surface area contributed by atoms with Crippen molar-refractivity contribution in [3.8, 4) is 0 Å². The number of carboxylic acids is 2. The molecular formula is C28H55O4Sn2+5. The molecule has 0 saturated carbocycles. The molecule has 0 rings (SSSR count). The van der Waals surface area contributed by atoms with Gasteiger partial charge in [0.05, 0.1) is 0 Å². The summed E-state index contributed by atoms with van der Waals surface area (Å²) in [6.45, 7) is 6.67. The number of hydrogen-bond donors (Lipinski definition) is 0. The third kappa shape index (κ3) is 53.7. The van der Waals surface area contributed by atoms with Gasteiger partial charge >= 0.3 is 70.6 Å². The molecule has 194 valence electrons. The van der Waals surface area contributed by atoms with Crippen molar-refractivity contribution in [3.63, 3.8) is 0 Å². The maximum atomic E-state index is 10.1. The van der Waals surface area contributed by atoms with Crippen molar-refractivity contribution in [2.45, 2.75) is 166 Å². The Balaban J connectivity index is -0.000000216. The molecule has 0 fully saturated rings. The van der Waals surface area contributed by atoms with Gasteiger partial charge in [0.25, 0.3) is 0 Å². The molecule has 0 aromatic rings. The van der Waals surface area contributed by atoms with E-state index in [4.69, 9.17) is 0 Å². The van der Waals surface area contributed by atoms with Crippen LogP contribution < -0.4 is 10.2 Å². The minimum atomic E-state index is -0.909. The molecule has 0 heterocycles. The molecule has 34 heavy (non-hydrogen) atoms. The number of hydrogen-bond acceptors (Lipinski definition) is 4. The zero-order chi connectivity index (χ0) is 25.4. The second-order valence-electron chi connectivity index (χ2n) is 9.00. The monoisotopic (exact) mass is 695 g/mol. The number of carbonyl (C=O) groups excluding carboxylic acids is 2. The molecule has 4 nitrogen and oxygen atoms in total. The van der Waals surface area contributed by atoms with Crippen molar-refractivity contribution in [1.82, 2.24) is 0 Å². The molecule has 6 heteroatoms. The number of rotatable bonds is 22. The summed E-state index contributed by atoms with van der Waals surface area (Å²) in [6.07, 6.45) is 25.1. The summed E-state index contributed by atoms with van der Waals surface area (Å²) < 4.78 is 1.43. The van der Waals surface area contributed by atoms with Crippen molar-refractivity contribution in [2.75, 3.05) is 0 Å². The largest absolute Gasteiger partial charge is 4.00 e. The van der Waals surface area contributed by atoms with E-state index in [1.165, 1.54) is 107 Å². The Morgan fingerprint density at radius 3 is 0.882 bits per heavy atom. The molecule has 0 saturated heterocycles. The molecule has 0 atom stereocenters. The van der Waals surface area contributed by atoms with E-state index in [1.54, 1.807) is 22.5 Å². The molecule has 0 radical (unpaired) electrons. The first-order valence-corrected chi connectivity index (χ1v) is 16.0. The first kappa shape index (κ1) is 41.7. The number of aliphatic carboxylic acids is 2. The van der Waals surface area contributed by atoms with Gasteiger partial charge in [0.15, 0.2) is 0 Å². The predicted molar refractivity (Wildman–Crippen MR) is 145 cm³/mol. The van der Waals surface area contributed by atoms with Crippen LogP contribution in [0.25, 0.3) is 0 Å². The fourth-order valence-electron chi connectivity index (χ4n) is 3.34. The van der Waals surface area contributed by atoms with Gasteiger partial charge in [-0.15, -0.1) is 0 Å². The fourth-order valence-corrected chi connectivity index (χ4v) is 4.35. The topological polar surface area (TPSA) is 80.3 Å². The molecule has 0 bridgehead atoms. The van der Waals surface area contributed by atoms with Crippen molar-refractivity contribution in [1.29, 1.82) is 0 Å². The summed E-state index contributed by atoms with van der Waals surface area (Å²) in [5.41, 5.74) is 0. The minimum Gasteiger partial charge on any atom is 4.00 e. The molecule has 0 aliphatic heterocycles. The van der Waals surface area contributed by atoms with Gasteiger partial charge in [-0.3, -0.25) is 0 Å². The van der Waals surface area contributed by atoms with Crippen LogP contribution in [0.2, 0.25) is 4.44 Å². The summed E-state index contributed by atoms with van der Waals surface area (Å²) in [6, 6.07) is 0. The number of carbonyl (C=O) groups is 2. The third-order valence-corrected chi connectivity index (χ3v) is 6.51. The first-order chi connectivity index (χ1) is 16.0. The Kier molecular flexibility index (Phi) is 49.9. The second-order valence-corrected chi connectivity index (χ2v) is 10.4. The zero-order valence-corrected chi connectivity index (χ0v) is 28.6. The van der Waals surface area contributed by atoms with Crippen LogP contribution in [0.1, 0.15) is 162 Å². The molecule has 0 aromatic carbocycles. The van der Waals surface area contributed by atoms with E-state index in [9.17, 15) is 19.8 Å². The van der Waals surface area contributed by atoms with Gasteiger partial charge < -0.3 is 19.8 Å². The van der Waals surface area contributed by atoms with Gasteiger partial charge in [0.2, 0.25) is 0 Å². The van der Waals surface area contributed by atoms with E-state index >= 15 is 0 Å². The van der Waals surface area contributed by atoms with Crippen LogP contribution >= 0.6 is 0 Å². The summed E-state index contributed by atoms with van der Waals surface area (Å²) in [4.78, 5) is 20.2. The van der Waals surface area contributed by atoms with Crippen molar-refractivity contribution >= 4 is 58.4 Å². The molecular weight excluding hydrogens is 638 g/mol. The van der Waals surface area contributed by atoms with Gasteiger partial charge in [-0.2, -0.15) is 0 Å². The van der Waals surface area contributed by atoms with Gasteiger partial charge in [-0.1, -0.05) is 117 Å². The van der Waals surface area contributed by atoms with Crippen LogP contribution in [-0.2, 0) is 9.59 Å². The minimum absolute atomic E-state index is 0. The maximum Gasteiger partial charge on any atom is 4.00 e. The number of carboxylic acid groups (broad SMARTS) is 2. The van der Waals surface area contributed by atoms with Crippen molar-refractivity contribution in [3.05, 3.63) is 0 Å². The van der Waals surface area contributed by atoms with Crippen LogP contribution in [0, 0.1) is 0 Å². The Morgan fingerprint density at radius 1 is 0.471 bits per heavy atom. The summed E-state index contributed by atoms with van der Waals surface area (Å²) in [7, 11) is 0. The Morgan fingerprint density at radius 2 is 0.706 bits per heavy atom. The van der Waals surface area contributed by atoms with Crippen LogP contribution in [0.3, 0.4) is 0 Å². The van der Waals surface area contributed by atoms with Crippen LogP contribution in [0.4, 0.5) is 0 Å². The Labute approximate surface area is 243 Å². The fraction of sp³-hybridized carbons (Fsp3) is 0.929. The normalized spacial score (nSPS) is 9.79. The van der Waals surface area contributed by atoms with Crippen molar-refractivity contribution < 1.29 is 19.8 Å². The molecule has 0 N–H and O–H groups in total. The van der Waals surface area contributed by atoms with E-state index < -0.39 is 11.9 Å². The molecule has 0 unspecified atom stereocenters. The van der Waals surface area contributed by atoms with E-state index in [0.29, 0.717) is 0 Å². The smallest absolute Gasteiger partial charge is 4.00 e. The Bertz CT molecular complexity index is 345. The van der Waals surface area contributed by atoms with E-state index in [1.807, 2.05) is 0 Å². The van der Waals surface area contributed by atoms with E-state index in [0.717, 1.165) is 25.7 Å². The van der Waals surface area contributed by atoms with E-state index in [2.05, 4.69) is 20.8 Å². The molecule has 0 aliphatic carbocycles. The van der Waals surface area contributed by atoms with Crippen LogP contribution in [0.15, 0.2) is 0 Å². The average Bonchev–Trinajstić information content (AvgIpc) is 2.78. The Hall–Kier alpha value is 0.537. The van der Waals surface area contributed by atoms with Gasteiger partial charge in [0.1, 0.15) is 0 Å². The summed E-state index contributed by atoms with van der Waals surface area (Å²) >= 11 is 1.68. The summed E-state index contributed by atoms with van der Waals surface area (Å²) in [5, 5.41) is 20.2. The van der Waals surface area contributed by atoms with Crippen LogP contribution in [0.5, 0.6) is 0 Å². The first-order valence-electron chi connectivity index (χ1n) is 14.0. The van der Waals surface area contributed by atoms with Gasteiger partial charge in [-0.25, -0.2) is 0 Å². The molecule has 0 aliphatic rings. The zero-order valence-electron chi connectivity index (χ0n) is 22.9. The quantitative estimate of drug-likeness (QED) is 0.0985. The number of unbranched alkanes of at least 4 members (excludes halogenated alkanes) is 17. The molecule has 0 aromatic heterocycles. The predicted octanol–water partition coefficient (Wildman–Crippen LogP) is 6.31. The van der Waals surface area contributed by atoms with Crippen molar-refractivity contribution in [2.24, 2.45) is 0 Å². The van der Waals surface area contributed by atoms with Crippen LogP contribution in [-0.4, -0.2) is 58.4 Å². The second kappa shape index (κ2) is 40.7.